The Kier molecular flexibility index (Phi) is 17.6. The maximum absolute atomic E-state index is 12.3. The molecule has 0 aromatic heterocycles. The van der Waals surface area contributed by atoms with Crippen molar-refractivity contribution in [2.45, 2.75) is 120 Å². The van der Waals surface area contributed by atoms with E-state index >= 15 is 0 Å². The first-order valence-electron chi connectivity index (χ1n) is 12.7. The molecule has 7 heteroatoms. The highest BCUT2D eigenvalue weighted by molar-refractivity contribution is 6.68. The predicted molar refractivity (Wildman–Crippen MR) is 147 cm³/mol. The van der Waals surface area contributed by atoms with Gasteiger partial charge in [-0.1, -0.05) is 143 Å². The summed E-state index contributed by atoms with van der Waals surface area (Å²) in [6, 6.07) is 7.01. The molecule has 0 aliphatic heterocycles. The van der Waals surface area contributed by atoms with E-state index in [1.165, 1.54) is 83.5 Å². The number of anilines is 1. The summed E-state index contributed by atoms with van der Waals surface area (Å²) in [5.74, 6) is -0.123. The van der Waals surface area contributed by atoms with Gasteiger partial charge >= 0.3 is 0 Å². The van der Waals surface area contributed by atoms with Gasteiger partial charge < -0.3 is 10.6 Å². The van der Waals surface area contributed by atoms with E-state index in [4.69, 9.17) is 46.4 Å². The van der Waals surface area contributed by atoms with Crippen molar-refractivity contribution in [2.24, 2.45) is 0 Å². The molecule has 0 saturated carbocycles. The molecule has 0 aliphatic rings. The Morgan fingerprint density at radius 3 is 1.61 bits per heavy atom. The number of nitrogens with one attached hydrogen (secondary N) is 2. The first-order chi connectivity index (χ1) is 15.8. The third-order valence-electron chi connectivity index (χ3n) is 5.80. The number of halogens is 4. The minimum Gasteiger partial charge on any atom is -0.362 e. The van der Waals surface area contributed by atoms with E-state index in [1.807, 2.05) is 0 Å². The summed E-state index contributed by atoms with van der Waals surface area (Å²) < 4.78 is -1.68. The number of amides is 1. The van der Waals surface area contributed by atoms with Gasteiger partial charge in [0.25, 0.3) is 0 Å². The molecule has 0 radical (unpaired) electrons. The van der Waals surface area contributed by atoms with E-state index in [9.17, 15) is 4.79 Å². The van der Waals surface area contributed by atoms with Gasteiger partial charge in [-0.05, 0) is 30.7 Å². The molecule has 1 aromatic rings. The van der Waals surface area contributed by atoms with Crippen LogP contribution in [0.5, 0.6) is 0 Å². The normalized spacial score (nSPS) is 12.5. The van der Waals surface area contributed by atoms with Gasteiger partial charge in [0, 0.05) is 17.1 Å². The minimum atomic E-state index is -1.68. The smallest absolute Gasteiger partial charge is 0.228 e. The molecule has 190 valence electrons. The Hall–Kier alpha value is -0.350. The highest BCUT2D eigenvalue weighted by atomic mass is 35.6. The zero-order chi connectivity index (χ0) is 24.4. The summed E-state index contributed by atoms with van der Waals surface area (Å²) in [5.41, 5.74) is 0.711. The molecule has 0 heterocycles. The van der Waals surface area contributed by atoms with Crippen LogP contribution in [0.4, 0.5) is 5.69 Å². The van der Waals surface area contributed by atoms with Crippen molar-refractivity contribution in [3.63, 3.8) is 0 Å². The molecule has 1 aromatic carbocycles. The summed E-state index contributed by atoms with van der Waals surface area (Å²) >= 11 is 24.1. The summed E-state index contributed by atoms with van der Waals surface area (Å²) in [7, 11) is 0. The van der Waals surface area contributed by atoms with Crippen LogP contribution in [0, 0.1) is 0 Å². The molecular weight excluding hydrogens is 498 g/mol. The molecule has 0 saturated heterocycles. The van der Waals surface area contributed by atoms with Crippen molar-refractivity contribution >= 4 is 58.0 Å². The van der Waals surface area contributed by atoms with Crippen LogP contribution < -0.4 is 10.6 Å². The summed E-state index contributed by atoms with van der Waals surface area (Å²) in [6.07, 6.45) is 19.0. The standard InChI is InChI=1S/C26H42Cl4N2O/c1-2-3-4-5-6-7-8-9-10-11-12-13-14-15-16-17-24(33)32-25(26(28,29)30)31-23-20-18-22(27)19-21-23/h18-21,25,31H,2-17H2,1H3,(H,32,33). The van der Waals surface area contributed by atoms with Gasteiger partial charge in [0.05, 0.1) is 0 Å². The molecule has 1 atom stereocenters. The number of hydrogen-bond acceptors (Lipinski definition) is 2. The van der Waals surface area contributed by atoms with Crippen molar-refractivity contribution in [3.05, 3.63) is 29.3 Å². The Balaban J connectivity index is 2.05. The number of rotatable bonds is 19. The second-order valence-electron chi connectivity index (χ2n) is 8.89. The maximum atomic E-state index is 12.3. The number of benzene rings is 1. The van der Waals surface area contributed by atoms with Crippen LogP contribution in [-0.2, 0) is 4.79 Å². The van der Waals surface area contributed by atoms with Crippen molar-refractivity contribution in [1.82, 2.24) is 5.32 Å². The van der Waals surface area contributed by atoms with Gasteiger partial charge in [0.2, 0.25) is 9.70 Å². The predicted octanol–water partition coefficient (Wildman–Crippen LogP) is 9.83. The second kappa shape index (κ2) is 18.9. The Morgan fingerprint density at radius 2 is 1.18 bits per heavy atom. The molecule has 0 bridgehead atoms. The number of unbranched alkanes of at least 4 members (excludes halogenated alkanes) is 14. The number of carbonyl (C=O) groups excluding carboxylic acids is 1. The van der Waals surface area contributed by atoms with Gasteiger partial charge in [0.15, 0.2) is 0 Å². The summed E-state index contributed by atoms with van der Waals surface area (Å²) in [4.78, 5) is 12.3. The summed E-state index contributed by atoms with van der Waals surface area (Å²) in [6.45, 7) is 2.27. The molecule has 1 amide bonds. The van der Waals surface area contributed by atoms with Gasteiger partial charge in [-0.3, -0.25) is 4.79 Å². The van der Waals surface area contributed by atoms with E-state index < -0.39 is 9.96 Å². The van der Waals surface area contributed by atoms with Crippen molar-refractivity contribution in [3.8, 4) is 0 Å². The van der Waals surface area contributed by atoms with E-state index in [1.54, 1.807) is 24.3 Å². The Morgan fingerprint density at radius 1 is 0.758 bits per heavy atom. The molecule has 33 heavy (non-hydrogen) atoms. The zero-order valence-electron chi connectivity index (χ0n) is 20.1. The van der Waals surface area contributed by atoms with Gasteiger partial charge in [-0.15, -0.1) is 0 Å². The second-order valence-corrected chi connectivity index (χ2v) is 11.7. The zero-order valence-corrected chi connectivity index (χ0v) is 23.1. The Bertz CT molecular complexity index is 620. The van der Waals surface area contributed by atoms with Crippen LogP contribution in [0.2, 0.25) is 5.02 Å². The number of alkyl halides is 3. The average Bonchev–Trinajstić information content (AvgIpc) is 2.76. The van der Waals surface area contributed by atoms with E-state index in [-0.39, 0.29) is 5.91 Å². The van der Waals surface area contributed by atoms with E-state index in [2.05, 4.69) is 17.6 Å². The SMILES string of the molecule is CCCCCCCCCCCCCCCCCC(=O)NC(Nc1ccc(Cl)cc1)C(Cl)(Cl)Cl. The van der Waals surface area contributed by atoms with Crippen molar-refractivity contribution in [1.29, 1.82) is 0 Å². The van der Waals surface area contributed by atoms with Crippen LogP contribution in [-0.4, -0.2) is 15.9 Å². The average molecular weight is 540 g/mol. The van der Waals surface area contributed by atoms with Crippen LogP contribution in [0.1, 0.15) is 110 Å². The molecule has 0 fully saturated rings. The van der Waals surface area contributed by atoms with Gasteiger partial charge in [-0.2, -0.15) is 0 Å². The van der Waals surface area contributed by atoms with Crippen molar-refractivity contribution in [2.75, 3.05) is 5.32 Å². The highest BCUT2D eigenvalue weighted by Crippen LogP contribution is 2.31. The van der Waals surface area contributed by atoms with Crippen LogP contribution in [0.3, 0.4) is 0 Å². The molecule has 2 N–H and O–H groups in total. The number of hydrogen-bond donors (Lipinski definition) is 2. The quantitative estimate of drug-likeness (QED) is 0.104. The first kappa shape index (κ1) is 30.7. The van der Waals surface area contributed by atoms with Gasteiger partial charge in [-0.25, -0.2) is 0 Å². The molecular formula is C26H42Cl4N2O. The topological polar surface area (TPSA) is 41.1 Å². The molecule has 0 spiro atoms. The first-order valence-corrected chi connectivity index (χ1v) is 14.2. The van der Waals surface area contributed by atoms with Crippen LogP contribution in [0.15, 0.2) is 24.3 Å². The fraction of sp³-hybridized carbons (Fsp3) is 0.731. The highest BCUT2D eigenvalue weighted by Gasteiger charge is 2.33. The minimum absolute atomic E-state index is 0.123. The monoisotopic (exact) mass is 538 g/mol. The fourth-order valence-electron chi connectivity index (χ4n) is 3.80. The van der Waals surface area contributed by atoms with E-state index in [0.29, 0.717) is 17.1 Å². The van der Waals surface area contributed by atoms with Gasteiger partial charge in [0.1, 0.15) is 6.17 Å². The van der Waals surface area contributed by atoms with Crippen LogP contribution in [0.25, 0.3) is 0 Å². The number of carbonyl (C=O) groups is 1. The lowest BCUT2D eigenvalue weighted by Crippen LogP contribution is -2.49. The summed E-state index contributed by atoms with van der Waals surface area (Å²) in [5, 5.41) is 6.45. The third kappa shape index (κ3) is 16.8. The lowest BCUT2D eigenvalue weighted by Gasteiger charge is -2.27. The largest absolute Gasteiger partial charge is 0.362 e. The van der Waals surface area contributed by atoms with E-state index in [0.717, 1.165) is 12.8 Å². The maximum Gasteiger partial charge on any atom is 0.228 e. The molecule has 1 rings (SSSR count). The lowest BCUT2D eigenvalue weighted by atomic mass is 10.0. The fourth-order valence-corrected chi connectivity index (χ4v) is 4.26. The van der Waals surface area contributed by atoms with Crippen molar-refractivity contribution < 1.29 is 4.79 Å². The van der Waals surface area contributed by atoms with Crippen LogP contribution >= 0.6 is 46.4 Å². The molecule has 0 aliphatic carbocycles. The Labute approximate surface area is 221 Å². The third-order valence-corrected chi connectivity index (χ3v) is 6.70. The molecule has 3 nitrogen and oxygen atoms in total. The molecule has 1 unspecified atom stereocenters. The lowest BCUT2D eigenvalue weighted by molar-refractivity contribution is -0.121.